The molecule has 17 heavy (non-hydrogen) atoms. The molecule has 0 atom stereocenters. The molecule has 3 nitrogen and oxygen atoms in total. The number of nitrogens with zero attached hydrogens (tertiary/aromatic N) is 2. The molecule has 2 heterocycles. The number of hydrogen-bond donors (Lipinski definition) is 1. The summed E-state index contributed by atoms with van der Waals surface area (Å²) in [4.78, 5) is 0. The molecule has 0 bridgehead atoms. The molecule has 1 aromatic heterocycles. The molecule has 1 aliphatic heterocycles. The van der Waals surface area contributed by atoms with Gasteiger partial charge < -0.3 is 5.32 Å². The Morgan fingerprint density at radius 3 is 2.76 bits per heavy atom. The predicted octanol–water partition coefficient (Wildman–Crippen LogP) is 3.01. The molecule has 0 fully saturated rings. The van der Waals surface area contributed by atoms with Crippen LogP contribution in [0.4, 0.5) is 10.1 Å². The van der Waals surface area contributed by atoms with Crippen molar-refractivity contribution < 1.29 is 4.39 Å². The SMILES string of the molecule is C.Fc1ccc(-n2ncc3c2CCCN3)cc1. The van der Waals surface area contributed by atoms with Gasteiger partial charge in [0.15, 0.2) is 0 Å². The first-order chi connectivity index (χ1) is 7.84. The van der Waals surface area contributed by atoms with Gasteiger partial charge in [-0.3, -0.25) is 0 Å². The molecule has 0 aliphatic carbocycles. The monoisotopic (exact) mass is 233 g/mol. The number of aromatic nitrogens is 2. The van der Waals surface area contributed by atoms with Crippen molar-refractivity contribution in [2.24, 2.45) is 0 Å². The zero-order valence-corrected chi connectivity index (χ0v) is 8.78. The van der Waals surface area contributed by atoms with Gasteiger partial charge in [0.05, 0.1) is 23.3 Å². The zero-order valence-electron chi connectivity index (χ0n) is 8.78. The molecule has 0 unspecified atom stereocenters. The number of halogens is 1. The van der Waals surface area contributed by atoms with E-state index in [2.05, 4.69) is 10.4 Å². The summed E-state index contributed by atoms with van der Waals surface area (Å²) in [5.74, 6) is -0.220. The minimum absolute atomic E-state index is 0. The van der Waals surface area contributed by atoms with Crippen molar-refractivity contribution in [2.75, 3.05) is 11.9 Å². The lowest BCUT2D eigenvalue weighted by Gasteiger charge is -2.15. The Morgan fingerprint density at radius 2 is 2.00 bits per heavy atom. The maximum Gasteiger partial charge on any atom is 0.123 e. The molecule has 3 rings (SSSR count). The fourth-order valence-corrected chi connectivity index (χ4v) is 2.05. The summed E-state index contributed by atoms with van der Waals surface area (Å²) >= 11 is 0. The summed E-state index contributed by atoms with van der Waals surface area (Å²) in [6.45, 7) is 1.00. The standard InChI is InChI=1S/C12H12FN3.CH4/c13-9-3-5-10(6-4-9)16-12-2-1-7-14-11(12)8-15-16;/h3-6,8,14H,1-2,7H2;1H4. The van der Waals surface area contributed by atoms with E-state index in [9.17, 15) is 4.39 Å². The molecule has 1 aliphatic rings. The van der Waals surface area contributed by atoms with Crippen molar-refractivity contribution in [2.45, 2.75) is 20.3 Å². The second-order valence-electron chi connectivity index (χ2n) is 3.92. The van der Waals surface area contributed by atoms with Gasteiger partial charge in [0.25, 0.3) is 0 Å². The minimum Gasteiger partial charge on any atom is -0.382 e. The van der Waals surface area contributed by atoms with Crippen LogP contribution >= 0.6 is 0 Å². The van der Waals surface area contributed by atoms with Gasteiger partial charge >= 0.3 is 0 Å². The van der Waals surface area contributed by atoms with Gasteiger partial charge in [-0.15, -0.1) is 0 Å². The summed E-state index contributed by atoms with van der Waals surface area (Å²) < 4.78 is 14.7. The number of nitrogens with one attached hydrogen (secondary N) is 1. The highest BCUT2D eigenvalue weighted by molar-refractivity contribution is 5.51. The maximum absolute atomic E-state index is 12.8. The number of rotatable bonds is 1. The highest BCUT2D eigenvalue weighted by Gasteiger charge is 2.15. The quantitative estimate of drug-likeness (QED) is 0.820. The average Bonchev–Trinajstić information content (AvgIpc) is 2.74. The molecule has 1 aromatic carbocycles. The van der Waals surface area contributed by atoms with E-state index in [1.54, 1.807) is 12.1 Å². The van der Waals surface area contributed by atoms with Crippen LogP contribution in [-0.4, -0.2) is 16.3 Å². The zero-order chi connectivity index (χ0) is 11.0. The Balaban J connectivity index is 0.00000108. The van der Waals surface area contributed by atoms with E-state index in [1.807, 2.05) is 10.9 Å². The Kier molecular flexibility index (Phi) is 3.13. The van der Waals surface area contributed by atoms with Gasteiger partial charge in [-0.25, -0.2) is 9.07 Å². The van der Waals surface area contributed by atoms with Crippen molar-refractivity contribution in [1.29, 1.82) is 0 Å². The van der Waals surface area contributed by atoms with Crippen LogP contribution in [0.2, 0.25) is 0 Å². The Morgan fingerprint density at radius 1 is 1.24 bits per heavy atom. The van der Waals surface area contributed by atoms with Crippen LogP contribution in [0.25, 0.3) is 5.69 Å². The molecule has 0 spiro atoms. The van der Waals surface area contributed by atoms with Crippen LogP contribution in [0.1, 0.15) is 19.5 Å². The normalized spacial score (nSPS) is 13.5. The third-order valence-electron chi connectivity index (χ3n) is 2.85. The lowest BCUT2D eigenvalue weighted by atomic mass is 10.1. The first kappa shape index (κ1) is 11.6. The topological polar surface area (TPSA) is 29.9 Å². The molecule has 0 radical (unpaired) electrons. The van der Waals surface area contributed by atoms with Crippen molar-refractivity contribution in [3.8, 4) is 5.69 Å². The molecule has 1 N–H and O–H groups in total. The average molecular weight is 233 g/mol. The van der Waals surface area contributed by atoms with Gasteiger partial charge in [0.1, 0.15) is 5.82 Å². The second kappa shape index (κ2) is 4.57. The van der Waals surface area contributed by atoms with E-state index in [0.717, 1.165) is 30.8 Å². The fourth-order valence-electron chi connectivity index (χ4n) is 2.05. The lowest BCUT2D eigenvalue weighted by molar-refractivity contribution is 0.626. The van der Waals surface area contributed by atoms with E-state index < -0.39 is 0 Å². The summed E-state index contributed by atoms with van der Waals surface area (Å²) in [5.41, 5.74) is 3.18. The smallest absolute Gasteiger partial charge is 0.123 e. The summed E-state index contributed by atoms with van der Waals surface area (Å²) in [6.07, 6.45) is 3.96. The highest BCUT2D eigenvalue weighted by Crippen LogP contribution is 2.23. The highest BCUT2D eigenvalue weighted by atomic mass is 19.1. The molecule has 4 heteroatoms. The van der Waals surface area contributed by atoms with Crippen LogP contribution in [-0.2, 0) is 6.42 Å². The van der Waals surface area contributed by atoms with Crippen LogP contribution in [0.15, 0.2) is 30.5 Å². The lowest BCUT2D eigenvalue weighted by Crippen LogP contribution is -2.13. The minimum atomic E-state index is -0.220. The Labute approximate surface area is 100 Å². The third kappa shape index (κ3) is 2.02. The van der Waals surface area contributed by atoms with Gasteiger partial charge in [-0.1, -0.05) is 7.43 Å². The van der Waals surface area contributed by atoms with Gasteiger partial charge in [0, 0.05) is 6.54 Å². The van der Waals surface area contributed by atoms with Crippen LogP contribution in [0.3, 0.4) is 0 Å². The number of fused-ring (bicyclic) bond motifs is 1. The molecular weight excluding hydrogens is 217 g/mol. The first-order valence-electron chi connectivity index (χ1n) is 5.41. The van der Waals surface area contributed by atoms with E-state index in [-0.39, 0.29) is 13.2 Å². The van der Waals surface area contributed by atoms with Crippen LogP contribution in [0, 0.1) is 5.82 Å². The van der Waals surface area contributed by atoms with Crippen molar-refractivity contribution >= 4 is 5.69 Å². The Bertz CT molecular complexity index is 502. The van der Waals surface area contributed by atoms with Gasteiger partial charge in [-0.05, 0) is 37.1 Å². The summed E-state index contributed by atoms with van der Waals surface area (Å²) in [5, 5.41) is 7.64. The van der Waals surface area contributed by atoms with E-state index in [4.69, 9.17) is 0 Å². The van der Waals surface area contributed by atoms with E-state index >= 15 is 0 Å². The molecule has 2 aromatic rings. The number of benzene rings is 1. The predicted molar refractivity (Wildman–Crippen MR) is 67.1 cm³/mol. The summed E-state index contributed by atoms with van der Waals surface area (Å²) in [6, 6.07) is 6.41. The van der Waals surface area contributed by atoms with Crippen LogP contribution < -0.4 is 5.32 Å². The fraction of sp³-hybridized carbons (Fsp3) is 0.308. The largest absolute Gasteiger partial charge is 0.382 e. The molecule has 0 saturated heterocycles. The van der Waals surface area contributed by atoms with E-state index in [0.29, 0.717) is 0 Å². The van der Waals surface area contributed by atoms with Crippen molar-refractivity contribution in [1.82, 2.24) is 9.78 Å². The number of hydrogen-bond acceptors (Lipinski definition) is 2. The second-order valence-corrected chi connectivity index (χ2v) is 3.92. The maximum atomic E-state index is 12.8. The van der Waals surface area contributed by atoms with E-state index in [1.165, 1.54) is 17.8 Å². The molecule has 90 valence electrons. The third-order valence-corrected chi connectivity index (χ3v) is 2.85. The summed E-state index contributed by atoms with van der Waals surface area (Å²) in [7, 11) is 0. The van der Waals surface area contributed by atoms with Crippen LogP contribution in [0.5, 0.6) is 0 Å². The first-order valence-corrected chi connectivity index (χ1v) is 5.41. The van der Waals surface area contributed by atoms with Crippen molar-refractivity contribution in [3.63, 3.8) is 0 Å². The molecule has 0 amide bonds. The van der Waals surface area contributed by atoms with Gasteiger partial charge in [-0.2, -0.15) is 5.10 Å². The molecule has 0 saturated carbocycles. The number of anilines is 1. The van der Waals surface area contributed by atoms with Crippen molar-refractivity contribution in [3.05, 3.63) is 42.0 Å². The molecular formula is C13H16FN3. The Hall–Kier alpha value is -1.84. The van der Waals surface area contributed by atoms with Gasteiger partial charge in [0.2, 0.25) is 0 Å².